The van der Waals surface area contributed by atoms with Crippen molar-refractivity contribution in [3.8, 4) is 11.5 Å². The van der Waals surface area contributed by atoms with Gasteiger partial charge in [-0.3, -0.25) is 95.9 Å². The highest BCUT2D eigenvalue weighted by Gasteiger charge is 2.40. The lowest BCUT2D eigenvalue weighted by Crippen LogP contribution is -2.62. The van der Waals surface area contributed by atoms with Crippen molar-refractivity contribution in [1.29, 1.82) is 0 Å². The number of amides is 20. The quantitative estimate of drug-likeness (QED) is 0.0127. The van der Waals surface area contributed by atoms with Crippen molar-refractivity contribution >= 4 is 154 Å². The molecule has 20 amide bonds. The number of hydrogen-bond donors (Lipinski definition) is 32. The van der Waals surface area contributed by atoms with Crippen molar-refractivity contribution in [2.75, 3.05) is 57.4 Å². The minimum atomic E-state index is -1.93. The molecule has 51 nitrogen and oxygen atoms in total. The lowest BCUT2D eigenvalue weighted by Gasteiger charge is -2.28. The van der Waals surface area contributed by atoms with E-state index in [1.165, 1.54) is 88.8 Å². The van der Waals surface area contributed by atoms with Crippen LogP contribution in [0.2, 0.25) is 0 Å². The number of nitrogens with one attached hydrogen (secondary N) is 19. The summed E-state index contributed by atoms with van der Waals surface area (Å²) in [7, 11) is 0. The van der Waals surface area contributed by atoms with Crippen LogP contribution in [0.1, 0.15) is 108 Å². The molecule has 0 fully saturated rings. The fourth-order valence-corrected chi connectivity index (χ4v) is 14.2. The Bertz CT molecular complexity index is 5070. The van der Waals surface area contributed by atoms with Gasteiger partial charge in [0.25, 0.3) is 0 Å². The number of thiol groups is 2. The smallest absolute Gasteiger partial charge is 0.245 e. The number of hydrogen-bond acceptors (Lipinski definition) is 31. The number of aliphatic hydroxyl groups excluding tert-OH is 3. The average Bonchev–Trinajstić information content (AvgIpc) is 1.75. The van der Waals surface area contributed by atoms with E-state index in [1.807, 2.05) is 0 Å². The molecule has 140 heavy (non-hydrogen) atoms. The van der Waals surface area contributed by atoms with E-state index in [4.69, 9.17) is 34.4 Å². The lowest BCUT2D eigenvalue weighted by atomic mass is 10.0. The first-order chi connectivity index (χ1) is 66.3. The molecule has 0 bridgehead atoms. The summed E-state index contributed by atoms with van der Waals surface area (Å²) in [5, 5.41) is 92.4. The second-order valence-electron chi connectivity index (χ2n) is 33.4. The summed E-state index contributed by atoms with van der Waals surface area (Å²) in [6.45, 7) is 2.46. The van der Waals surface area contributed by atoms with E-state index < -0.39 is 284 Å². The van der Waals surface area contributed by atoms with Crippen molar-refractivity contribution in [1.82, 2.24) is 105 Å². The topological polar surface area (TPSA) is 848 Å². The molecule has 53 heteroatoms. The molecule has 2 aromatic heterocycles. The molecule has 0 radical (unpaired) electrons. The number of nitrogens with two attached hydrogens (primary N) is 6. The Morgan fingerprint density at radius 1 is 0.386 bits per heavy atom. The molecule has 0 unspecified atom stereocenters. The molecule has 5 rings (SSSR count). The van der Waals surface area contributed by atoms with Gasteiger partial charge in [-0.25, -0.2) is 4.98 Å². The second kappa shape index (κ2) is 59.2. The third-order valence-corrected chi connectivity index (χ3v) is 22.2. The van der Waals surface area contributed by atoms with E-state index >= 15 is 0 Å². The van der Waals surface area contributed by atoms with Crippen LogP contribution in [0.3, 0.4) is 0 Å². The molecule has 16 atom stereocenters. The lowest BCUT2D eigenvalue weighted by molar-refractivity contribution is -0.137. The van der Waals surface area contributed by atoms with Gasteiger partial charge >= 0.3 is 0 Å². The number of benzene rings is 3. The zero-order valence-electron chi connectivity index (χ0n) is 77.6. The molecule has 0 aliphatic carbocycles. The van der Waals surface area contributed by atoms with Crippen LogP contribution in [-0.4, -0.2) is 313 Å². The number of unbranched alkanes of at least 4 members (excludes halogenated alkanes) is 2. The number of nitrogens with zero attached hydrogens (tertiary/aromatic N) is 1. The number of H-pyrrole nitrogens is 2. The molecule has 36 N–H and O–H groups in total. The van der Waals surface area contributed by atoms with Crippen molar-refractivity contribution in [3.63, 3.8) is 0 Å². The molecule has 768 valence electrons. The van der Waals surface area contributed by atoms with Crippen LogP contribution in [0, 0.1) is 11.8 Å². The highest BCUT2D eigenvalue weighted by molar-refractivity contribution is 7.80. The highest BCUT2D eigenvalue weighted by Crippen LogP contribution is 2.21. The molecule has 0 aliphatic heterocycles. The van der Waals surface area contributed by atoms with Crippen LogP contribution in [0.4, 0.5) is 0 Å². The van der Waals surface area contributed by atoms with Crippen LogP contribution in [-0.2, 0) is 122 Å². The summed E-state index contributed by atoms with van der Waals surface area (Å²) in [6.07, 6.45) is 1.40. The predicted molar refractivity (Wildman–Crippen MR) is 508 cm³/mol. The number of phenolic OH excluding ortho intramolecular Hbond substituents is 2. The fourth-order valence-electron chi connectivity index (χ4n) is 13.7. The summed E-state index contributed by atoms with van der Waals surface area (Å²) < 4.78 is 0. The average molecular weight is 2000 g/mol. The van der Waals surface area contributed by atoms with Crippen molar-refractivity contribution < 1.29 is 121 Å². The molecule has 5 aromatic rings. The Kier molecular flexibility index (Phi) is 49.2. The Morgan fingerprint density at radius 3 is 1.25 bits per heavy atom. The van der Waals surface area contributed by atoms with Crippen LogP contribution in [0.15, 0.2) is 91.5 Å². The minimum Gasteiger partial charge on any atom is -0.508 e. The van der Waals surface area contributed by atoms with Gasteiger partial charge in [-0.05, 0) is 111 Å². The van der Waals surface area contributed by atoms with Gasteiger partial charge < -0.3 is 160 Å². The largest absolute Gasteiger partial charge is 0.508 e. The SMILES string of the molecule is CC(C)[C@H](NC(=O)CNC(=O)[C@H](CC(N)=O)NC(=O)CNC(=O)[C@H](Cc1ccc(O)cc1)NC(=O)[C@H](Cc1ccc(O)cc1)NC(=O)[C@@H](N)CCCCN)C(=O)N[C@@H](Cc1c[nH]cn1)C(=O)N[C@@H](CS)C(=O)N[C@H](C(=O)N[C@@H](CCCCN)C(=O)N[C@@H](CO)C(=O)NCC(=O)N[C@@H](CS)C(=O)N[C@@H](CO)C(=O)N[C@H](C(=O)N[C@@H](CC(N)=O)C(=O)N[C@@H](Cc1c[nH]c2ccccc12)C(N)=O)C(C)C)[C@@H](C)O. The van der Waals surface area contributed by atoms with Gasteiger partial charge in [0.1, 0.15) is 96.1 Å². The number of aromatic hydroxyl groups is 2. The zero-order chi connectivity index (χ0) is 104. The van der Waals surface area contributed by atoms with Gasteiger partial charge in [-0.15, -0.1) is 0 Å². The summed E-state index contributed by atoms with van der Waals surface area (Å²) >= 11 is 8.34. The molecular formula is C87H128N26O25S2. The second-order valence-corrected chi connectivity index (χ2v) is 34.1. The van der Waals surface area contributed by atoms with Crippen LogP contribution < -0.4 is 125 Å². The van der Waals surface area contributed by atoms with E-state index in [0.29, 0.717) is 36.1 Å². The number of carbonyl (C=O) groups excluding carboxylic acids is 20. The van der Waals surface area contributed by atoms with E-state index in [-0.39, 0.29) is 75.1 Å². The number of aromatic amines is 2. The van der Waals surface area contributed by atoms with Gasteiger partial charge in [0, 0.05) is 60.5 Å². The third kappa shape index (κ3) is 39.4. The summed E-state index contributed by atoms with van der Waals surface area (Å²) in [5.74, 6) is -24.0. The maximum Gasteiger partial charge on any atom is 0.245 e. The minimum absolute atomic E-state index is 0.0842. The molecule has 0 spiro atoms. The molecule has 2 heterocycles. The van der Waals surface area contributed by atoms with Crippen molar-refractivity contribution in [2.24, 2.45) is 46.2 Å². The first-order valence-electron chi connectivity index (χ1n) is 44.6. The Morgan fingerprint density at radius 2 is 0.757 bits per heavy atom. The molecule has 0 aliphatic rings. The summed E-state index contributed by atoms with van der Waals surface area (Å²) in [5.41, 5.74) is 36.4. The van der Waals surface area contributed by atoms with E-state index in [0.717, 1.165) is 17.8 Å². The van der Waals surface area contributed by atoms with Crippen molar-refractivity contribution in [2.45, 2.75) is 208 Å². The Balaban J connectivity index is 1.17. The van der Waals surface area contributed by atoms with E-state index in [1.54, 1.807) is 30.5 Å². The Hall–Kier alpha value is -14.1. The number of para-hydroxylation sites is 1. The number of aliphatic hydroxyl groups is 3. The van der Waals surface area contributed by atoms with Crippen molar-refractivity contribution in [3.05, 3.63) is 114 Å². The fraction of sp³-hybridized carbons (Fsp3) is 0.506. The highest BCUT2D eigenvalue weighted by atomic mass is 32.1. The number of fused-ring (bicyclic) bond motifs is 1. The molecular weight excluding hydrogens is 1870 g/mol. The summed E-state index contributed by atoms with van der Waals surface area (Å²) in [4.78, 5) is 282. The first-order valence-corrected chi connectivity index (χ1v) is 45.9. The molecule has 3 aromatic carbocycles. The van der Waals surface area contributed by atoms with Crippen LogP contribution in [0.5, 0.6) is 11.5 Å². The number of carbonyl (C=O) groups is 20. The molecule has 0 saturated heterocycles. The standard InChI is InChI=1S/C87H128N26O25S2/c1-42(2)70(111-69(123)36-97-76(127)59(30-65(91)119)100-67(121)34-96-75(126)56(26-45-16-20-49(117)21-17-45)105-79(130)57(27-46-18-22-50(118)23-19-46)104-74(125)52(90)13-8-10-24-88)85(136)106-58(29-48-33-94-41-99-48)80(131)110-64(40-140)84(135)113-72(44(5)116)87(138)102-54(15-9-11-25-89)78(129)108-61(37-114)77(128)98-35-68(122)101-63(39-139)83(134)109-62(38-115)82(133)112-71(43(3)4)86(137)107-60(31-66(92)120)81(132)103-55(73(93)124)28-47-32-95-53-14-7-6-12-51(47)53/h6-7,12,14,16-23,32-33,41-44,52,54-64,70-72,95,114-118,139-140H,8-11,13,15,24-31,34-40,88-90H2,1-5H3,(H2,91,119)(H2,92,120)(H2,93,124)(H,94,99)(H,96,126)(H,97,127)(H,98,128)(H,100,121)(H,101,122)(H,102,138)(H,103,132)(H,104,125)(H,105,130)(H,106,136)(H,107,137)(H,108,129)(H,109,134)(H,110,131)(H,111,123)(H,112,133)(H,113,135)/t44-,52+,54+,55+,56+,57+,58+,59+,60+,61+,62+,63+,64+,70+,71+,72+/m1/s1. The van der Waals surface area contributed by atoms with Gasteiger partial charge in [0.15, 0.2) is 0 Å². The predicted octanol–water partition coefficient (Wildman–Crippen LogP) is -10.9. The maximum absolute atomic E-state index is 14.4. The maximum atomic E-state index is 14.4. The number of aromatic nitrogens is 3. The summed E-state index contributed by atoms with van der Waals surface area (Å²) in [6, 6.07) is -5.65. The van der Waals surface area contributed by atoms with Gasteiger partial charge in [0.2, 0.25) is 118 Å². The normalized spacial score (nSPS) is 14.6. The van der Waals surface area contributed by atoms with Gasteiger partial charge in [-0.2, -0.15) is 25.3 Å². The number of phenols is 2. The zero-order valence-corrected chi connectivity index (χ0v) is 79.4. The first kappa shape index (κ1) is 116. The number of imidazole rings is 1. The number of primary amides is 3. The monoisotopic (exact) mass is 2000 g/mol. The van der Waals surface area contributed by atoms with Gasteiger partial charge in [-0.1, -0.05) is 76.6 Å². The van der Waals surface area contributed by atoms with E-state index in [9.17, 15) is 121 Å². The third-order valence-electron chi connectivity index (χ3n) is 21.5. The van der Waals surface area contributed by atoms with E-state index in [2.05, 4.69) is 131 Å². The molecule has 0 saturated carbocycles. The van der Waals surface area contributed by atoms with Gasteiger partial charge in [0.05, 0.1) is 69.9 Å². The Labute approximate surface area is 814 Å². The van der Waals surface area contributed by atoms with Crippen LogP contribution in [0.25, 0.3) is 10.9 Å². The number of rotatable bonds is 62. The van der Waals surface area contributed by atoms with Crippen LogP contribution >= 0.6 is 25.3 Å².